The van der Waals surface area contributed by atoms with Crippen LogP contribution in [0.3, 0.4) is 0 Å². The van der Waals surface area contributed by atoms with Gasteiger partial charge in [0.15, 0.2) is 17.3 Å². The van der Waals surface area contributed by atoms with E-state index < -0.39 is 0 Å². The Balaban J connectivity index is 1.60. The van der Waals surface area contributed by atoms with Crippen molar-refractivity contribution >= 4 is 44.5 Å². The van der Waals surface area contributed by atoms with Crippen molar-refractivity contribution in [1.29, 1.82) is 0 Å². The highest BCUT2D eigenvalue weighted by atomic mass is 15.3. The van der Waals surface area contributed by atoms with E-state index in [1.165, 1.54) is 0 Å². The summed E-state index contributed by atoms with van der Waals surface area (Å²) in [6, 6.07) is 36.9. The summed E-state index contributed by atoms with van der Waals surface area (Å²) in [5.41, 5.74) is 7.43. The van der Waals surface area contributed by atoms with Crippen molar-refractivity contribution in [2.24, 2.45) is 0 Å². The molecule has 0 bridgehead atoms. The maximum absolute atomic E-state index is 5.11. The second-order valence-electron chi connectivity index (χ2n) is 9.81. The number of para-hydroxylation sites is 4. The predicted molar refractivity (Wildman–Crippen MR) is 164 cm³/mol. The number of imidazole rings is 2. The van der Waals surface area contributed by atoms with Crippen molar-refractivity contribution in [3.05, 3.63) is 134 Å². The van der Waals surface area contributed by atoms with E-state index in [1.54, 1.807) is 6.08 Å². The number of allylic oxidation sites excluding steroid dienone is 2. The maximum Gasteiger partial charge on any atom is 0.242 e. The van der Waals surface area contributed by atoms with Crippen LogP contribution in [0.1, 0.15) is 5.82 Å². The first-order valence-electron chi connectivity index (χ1n) is 13.3. The largest absolute Gasteiger partial charge is 0.294 e. The zero-order chi connectivity index (χ0) is 27.5. The highest BCUT2D eigenvalue weighted by Gasteiger charge is 2.26. The molecule has 0 aliphatic rings. The Bertz CT molecular complexity index is 2290. The zero-order valence-electron chi connectivity index (χ0n) is 22.0. The highest BCUT2D eigenvalue weighted by molar-refractivity contribution is 6.10. The van der Waals surface area contributed by atoms with Crippen LogP contribution in [0.15, 0.2) is 128 Å². The molecule has 0 aliphatic heterocycles. The highest BCUT2D eigenvalue weighted by Crippen LogP contribution is 2.37. The minimum absolute atomic E-state index is 0.451. The van der Waals surface area contributed by atoms with E-state index in [2.05, 4.69) is 64.6 Å². The number of fused-ring (bicyclic) bond motifs is 7. The predicted octanol–water partition coefficient (Wildman–Crippen LogP) is 7.43. The lowest BCUT2D eigenvalue weighted by Gasteiger charge is -2.12. The first-order chi connectivity index (χ1) is 20.2. The standard InChI is InChI=1S/C34H23N7/c1-3-22(2)30-36-31(23-14-6-4-7-15-23)38-33(37-30)41-32-29(40-28-21-13-11-19-26(28)35-34(40)41)25-18-10-12-20-27(25)39(32)24-16-8-5-9-17-24/h3-21H,1-2H2. The normalized spacial score (nSPS) is 11.6. The van der Waals surface area contributed by atoms with Gasteiger partial charge in [-0.05, 0) is 30.3 Å². The van der Waals surface area contributed by atoms with Crippen LogP contribution >= 0.6 is 0 Å². The second kappa shape index (κ2) is 8.86. The molecule has 41 heavy (non-hydrogen) atoms. The van der Waals surface area contributed by atoms with E-state index in [0.717, 1.165) is 44.4 Å². The molecule has 0 spiro atoms. The van der Waals surface area contributed by atoms with Crippen LogP contribution in [-0.4, -0.2) is 33.5 Å². The van der Waals surface area contributed by atoms with E-state index in [4.69, 9.17) is 19.9 Å². The molecule has 0 aliphatic carbocycles. The lowest BCUT2D eigenvalue weighted by molar-refractivity contribution is 0.903. The SMILES string of the molecule is C=CC(=C)c1nc(-c2ccccc2)nc(-n2c3c(c4ccccc4n3-c3ccccc3)n3c4ccccc4nc23)n1. The summed E-state index contributed by atoms with van der Waals surface area (Å²) < 4.78 is 6.50. The van der Waals surface area contributed by atoms with Gasteiger partial charge < -0.3 is 0 Å². The van der Waals surface area contributed by atoms with Gasteiger partial charge in [0.1, 0.15) is 5.52 Å². The van der Waals surface area contributed by atoms with Crippen LogP contribution in [0.25, 0.3) is 67.5 Å². The van der Waals surface area contributed by atoms with Crippen LogP contribution in [0.2, 0.25) is 0 Å². The molecule has 4 heterocycles. The summed E-state index contributed by atoms with van der Waals surface area (Å²) in [4.78, 5) is 19.9. The monoisotopic (exact) mass is 529 g/mol. The topological polar surface area (TPSA) is 65.8 Å². The summed E-state index contributed by atoms with van der Waals surface area (Å²) >= 11 is 0. The third-order valence-electron chi connectivity index (χ3n) is 7.41. The minimum atomic E-state index is 0.451. The minimum Gasteiger partial charge on any atom is -0.294 e. The van der Waals surface area contributed by atoms with Crippen molar-refractivity contribution in [2.45, 2.75) is 0 Å². The summed E-state index contributed by atoms with van der Waals surface area (Å²) in [7, 11) is 0. The average Bonchev–Trinajstić information content (AvgIpc) is 3.67. The quantitative estimate of drug-likeness (QED) is 0.218. The Labute approximate surface area is 235 Å². The molecule has 8 rings (SSSR count). The van der Waals surface area contributed by atoms with Gasteiger partial charge in [-0.1, -0.05) is 98.1 Å². The summed E-state index contributed by atoms with van der Waals surface area (Å²) in [5.74, 6) is 2.17. The maximum atomic E-state index is 5.11. The molecule has 7 nitrogen and oxygen atoms in total. The molecule has 194 valence electrons. The van der Waals surface area contributed by atoms with Crippen molar-refractivity contribution in [3.63, 3.8) is 0 Å². The lowest BCUT2D eigenvalue weighted by Crippen LogP contribution is -2.10. The molecular formula is C34H23N7. The number of hydrogen-bond donors (Lipinski definition) is 0. The molecule has 0 saturated carbocycles. The van der Waals surface area contributed by atoms with Gasteiger partial charge in [0, 0.05) is 22.2 Å². The van der Waals surface area contributed by atoms with Crippen molar-refractivity contribution in [3.8, 4) is 23.0 Å². The molecule has 4 aromatic heterocycles. The van der Waals surface area contributed by atoms with Crippen molar-refractivity contribution in [1.82, 2.24) is 33.5 Å². The van der Waals surface area contributed by atoms with Crippen LogP contribution < -0.4 is 0 Å². The molecule has 7 heteroatoms. The Morgan fingerprint density at radius 3 is 2.12 bits per heavy atom. The van der Waals surface area contributed by atoms with Gasteiger partial charge in [0.2, 0.25) is 11.7 Å². The Hall–Kier alpha value is -5.82. The lowest BCUT2D eigenvalue weighted by atomic mass is 10.2. The van der Waals surface area contributed by atoms with Gasteiger partial charge in [-0.25, -0.2) is 14.5 Å². The number of hydrogen-bond acceptors (Lipinski definition) is 4. The fourth-order valence-corrected chi connectivity index (χ4v) is 5.55. The summed E-state index contributed by atoms with van der Waals surface area (Å²) in [6.45, 7) is 8.07. The molecule has 4 aromatic carbocycles. The van der Waals surface area contributed by atoms with Gasteiger partial charge in [0.05, 0.1) is 16.6 Å². The molecule has 0 saturated heterocycles. The molecule has 0 atom stereocenters. The van der Waals surface area contributed by atoms with Crippen LogP contribution in [0.5, 0.6) is 0 Å². The number of benzene rings is 4. The fourth-order valence-electron chi connectivity index (χ4n) is 5.55. The number of aromatic nitrogens is 7. The zero-order valence-corrected chi connectivity index (χ0v) is 22.0. The molecule has 0 radical (unpaired) electrons. The summed E-state index contributed by atoms with van der Waals surface area (Å²) in [6.07, 6.45) is 1.67. The first-order valence-corrected chi connectivity index (χ1v) is 13.3. The van der Waals surface area contributed by atoms with Gasteiger partial charge in [0.25, 0.3) is 0 Å². The number of nitrogens with zero attached hydrogens (tertiary/aromatic N) is 7. The van der Waals surface area contributed by atoms with Crippen LogP contribution in [0, 0.1) is 0 Å². The van der Waals surface area contributed by atoms with E-state index in [-0.39, 0.29) is 0 Å². The second-order valence-corrected chi connectivity index (χ2v) is 9.81. The average molecular weight is 530 g/mol. The Kier molecular flexibility index (Phi) is 4.99. The smallest absolute Gasteiger partial charge is 0.242 e. The van der Waals surface area contributed by atoms with Gasteiger partial charge >= 0.3 is 0 Å². The van der Waals surface area contributed by atoms with Crippen molar-refractivity contribution < 1.29 is 0 Å². The van der Waals surface area contributed by atoms with E-state index in [9.17, 15) is 0 Å². The van der Waals surface area contributed by atoms with Crippen LogP contribution in [0.4, 0.5) is 0 Å². The van der Waals surface area contributed by atoms with Crippen molar-refractivity contribution in [2.75, 3.05) is 0 Å². The van der Waals surface area contributed by atoms with Crippen LogP contribution in [-0.2, 0) is 0 Å². The molecule has 0 amide bonds. The summed E-state index contributed by atoms with van der Waals surface area (Å²) in [5, 5.41) is 1.10. The Morgan fingerprint density at radius 2 is 1.34 bits per heavy atom. The number of rotatable bonds is 5. The van der Waals surface area contributed by atoms with E-state index in [0.29, 0.717) is 28.9 Å². The fraction of sp³-hybridized carbons (Fsp3) is 0. The first kappa shape index (κ1) is 23.1. The van der Waals surface area contributed by atoms with Gasteiger partial charge in [-0.2, -0.15) is 9.97 Å². The molecule has 0 N–H and O–H groups in total. The van der Waals surface area contributed by atoms with Gasteiger partial charge in [-0.3, -0.25) is 8.97 Å². The molecular weight excluding hydrogens is 506 g/mol. The third-order valence-corrected chi connectivity index (χ3v) is 7.41. The molecule has 0 fully saturated rings. The van der Waals surface area contributed by atoms with E-state index in [1.807, 2.05) is 71.3 Å². The molecule has 8 aromatic rings. The van der Waals surface area contributed by atoms with E-state index >= 15 is 0 Å². The third kappa shape index (κ3) is 3.39. The van der Waals surface area contributed by atoms with Gasteiger partial charge in [-0.15, -0.1) is 0 Å². The Morgan fingerprint density at radius 1 is 0.659 bits per heavy atom. The molecule has 0 unspecified atom stereocenters.